The van der Waals surface area contributed by atoms with Crippen molar-refractivity contribution in [2.45, 2.75) is 13.1 Å². The van der Waals surface area contributed by atoms with Gasteiger partial charge in [-0.1, -0.05) is 11.6 Å². The summed E-state index contributed by atoms with van der Waals surface area (Å²) in [6, 6.07) is 7.49. The summed E-state index contributed by atoms with van der Waals surface area (Å²) in [5, 5.41) is 4.83. The van der Waals surface area contributed by atoms with E-state index in [0.29, 0.717) is 11.0 Å². The third-order valence-electron chi connectivity index (χ3n) is 2.85. The van der Waals surface area contributed by atoms with Crippen LogP contribution >= 0.6 is 11.6 Å². The number of aromatic nitrogens is 4. The Kier molecular flexibility index (Phi) is 2.68. The lowest BCUT2D eigenvalue weighted by Gasteiger charge is -2.06. The number of imidazole rings is 1. The van der Waals surface area contributed by atoms with Crippen molar-refractivity contribution >= 4 is 28.6 Å². The van der Waals surface area contributed by atoms with Crippen molar-refractivity contribution in [3.05, 3.63) is 41.7 Å². The van der Waals surface area contributed by atoms with Gasteiger partial charge in [0.15, 0.2) is 0 Å². The first-order chi connectivity index (χ1) is 8.74. The van der Waals surface area contributed by atoms with Crippen molar-refractivity contribution in [3.63, 3.8) is 0 Å². The summed E-state index contributed by atoms with van der Waals surface area (Å²) < 4.78 is 3.83. The molecule has 3 aromatic rings. The summed E-state index contributed by atoms with van der Waals surface area (Å²) in [6.45, 7) is 1.48. The zero-order valence-electron chi connectivity index (χ0n) is 9.62. The van der Waals surface area contributed by atoms with Crippen LogP contribution in [0, 0.1) is 0 Å². The fraction of sp³-hybridized carbons (Fsp3) is 0.167. The highest BCUT2D eigenvalue weighted by molar-refractivity contribution is 6.31. The number of anilines is 1. The second-order valence-electron chi connectivity index (χ2n) is 4.02. The summed E-state index contributed by atoms with van der Waals surface area (Å²) >= 11 is 5.93. The monoisotopic (exact) mass is 261 g/mol. The molecule has 6 heteroatoms. The van der Waals surface area contributed by atoms with Crippen molar-refractivity contribution in [3.8, 4) is 0 Å². The molecule has 5 nitrogen and oxygen atoms in total. The van der Waals surface area contributed by atoms with E-state index in [-0.39, 0.29) is 0 Å². The van der Waals surface area contributed by atoms with Crippen LogP contribution in [0.25, 0.3) is 11.0 Å². The van der Waals surface area contributed by atoms with Gasteiger partial charge >= 0.3 is 0 Å². The lowest BCUT2D eigenvalue weighted by atomic mass is 10.3. The maximum absolute atomic E-state index is 5.93. The van der Waals surface area contributed by atoms with Gasteiger partial charge in [-0.15, -0.1) is 0 Å². The molecular formula is C12H12ClN5. The van der Waals surface area contributed by atoms with Crippen LogP contribution in [0.4, 0.5) is 5.95 Å². The van der Waals surface area contributed by atoms with Crippen LogP contribution < -0.4 is 5.73 Å². The van der Waals surface area contributed by atoms with E-state index in [9.17, 15) is 0 Å². The Morgan fingerprint density at radius 2 is 2.17 bits per heavy atom. The van der Waals surface area contributed by atoms with Gasteiger partial charge in [0.2, 0.25) is 5.95 Å². The van der Waals surface area contributed by atoms with Crippen LogP contribution in [0.1, 0.15) is 0 Å². The van der Waals surface area contributed by atoms with Crippen molar-refractivity contribution in [1.82, 2.24) is 19.3 Å². The normalized spacial score (nSPS) is 11.2. The highest BCUT2D eigenvalue weighted by atomic mass is 35.5. The molecule has 3 rings (SSSR count). The molecule has 0 saturated heterocycles. The molecule has 0 amide bonds. The van der Waals surface area contributed by atoms with Gasteiger partial charge in [-0.2, -0.15) is 5.10 Å². The van der Waals surface area contributed by atoms with Gasteiger partial charge in [0.25, 0.3) is 0 Å². The van der Waals surface area contributed by atoms with Gasteiger partial charge < -0.3 is 10.3 Å². The summed E-state index contributed by atoms with van der Waals surface area (Å²) in [5.41, 5.74) is 7.73. The summed E-state index contributed by atoms with van der Waals surface area (Å²) in [7, 11) is 0. The smallest absolute Gasteiger partial charge is 0.201 e. The van der Waals surface area contributed by atoms with E-state index in [4.69, 9.17) is 17.3 Å². The highest BCUT2D eigenvalue weighted by Gasteiger charge is 2.08. The maximum Gasteiger partial charge on any atom is 0.201 e. The molecule has 0 spiro atoms. The number of nitrogens with zero attached hydrogens (tertiary/aromatic N) is 4. The zero-order valence-corrected chi connectivity index (χ0v) is 10.4. The van der Waals surface area contributed by atoms with E-state index in [1.165, 1.54) is 0 Å². The molecule has 0 aliphatic carbocycles. The van der Waals surface area contributed by atoms with Gasteiger partial charge in [-0.05, 0) is 24.3 Å². The lowest BCUT2D eigenvalue weighted by molar-refractivity contribution is 0.545. The van der Waals surface area contributed by atoms with Gasteiger partial charge in [-0.3, -0.25) is 4.68 Å². The minimum atomic E-state index is 0.499. The molecule has 0 aliphatic heterocycles. The number of hydrogen-bond donors (Lipinski definition) is 1. The predicted molar refractivity (Wildman–Crippen MR) is 71.4 cm³/mol. The predicted octanol–water partition coefficient (Wildman–Crippen LogP) is 2.17. The van der Waals surface area contributed by atoms with Crippen LogP contribution in [0.15, 0.2) is 36.7 Å². The van der Waals surface area contributed by atoms with Crippen molar-refractivity contribution in [1.29, 1.82) is 0 Å². The van der Waals surface area contributed by atoms with Gasteiger partial charge in [0.05, 0.1) is 17.6 Å². The number of benzene rings is 1. The number of fused-ring (bicyclic) bond motifs is 1. The number of aryl methyl sites for hydroxylation is 2. The standard InChI is InChI=1S/C12H12ClN5/c13-9-2-3-11-10(8-9)16-12(14)18(11)7-6-17-5-1-4-15-17/h1-5,8H,6-7H2,(H2,14,16). The molecule has 92 valence electrons. The molecule has 0 fully saturated rings. The quantitative estimate of drug-likeness (QED) is 0.786. The van der Waals surface area contributed by atoms with E-state index >= 15 is 0 Å². The van der Waals surface area contributed by atoms with Crippen LogP contribution in [0.3, 0.4) is 0 Å². The number of hydrogen-bond acceptors (Lipinski definition) is 3. The Hall–Kier alpha value is -2.01. The molecule has 18 heavy (non-hydrogen) atoms. The first-order valence-corrected chi connectivity index (χ1v) is 6.00. The van der Waals surface area contributed by atoms with Crippen LogP contribution in [-0.4, -0.2) is 19.3 Å². The molecular weight excluding hydrogens is 250 g/mol. The Morgan fingerprint density at radius 3 is 2.94 bits per heavy atom. The average Bonchev–Trinajstić information content (AvgIpc) is 2.93. The molecule has 2 aromatic heterocycles. The summed E-state index contributed by atoms with van der Waals surface area (Å²) in [5.74, 6) is 0.499. The van der Waals surface area contributed by atoms with E-state index in [1.54, 1.807) is 6.20 Å². The third-order valence-corrected chi connectivity index (χ3v) is 3.09. The summed E-state index contributed by atoms with van der Waals surface area (Å²) in [6.07, 6.45) is 3.68. The number of nitrogens with two attached hydrogens (primary N) is 1. The van der Waals surface area contributed by atoms with Crippen LogP contribution in [0.5, 0.6) is 0 Å². The van der Waals surface area contributed by atoms with Crippen LogP contribution in [-0.2, 0) is 13.1 Å². The molecule has 0 bridgehead atoms. The molecule has 0 unspecified atom stereocenters. The van der Waals surface area contributed by atoms with Crippen LogP contribution in [0.2, 0.25) is 5.02 Å². The third kappa shape index (κ3) is 1.93. The Labute approximate surface area is 109 Å². The fourth-order valence-electron chi connectivity index (χ4n) is 1.99. The number of rotatable bonds is 3. The second kappa shape index (κ2) is 4.34. The first kappa shape index (κ1) is 11.1. The number of nitrogen functional groups attached to an aromatic ring is 1. The van der Waals surface area contributed by atoms with Crippen molar-refractivity contribution in [2.24, 2.45) is 0 Å². The molecule has 0 saturated carbocycles. The van der Waals surface area contributed by atoms with Gasteiger partial charge in [-0.25, -0.2) is 4.98 Å². The molecule has 0 radical (unpaired) electrons. The molecule has 1 aromatic carbocycles. The minimum absolute atomic E-state index is 0.499. The zero-order chi connectivity index (χ0) is 12.5. The SMILES string of the molecule is Nc1nc2cc(Cl)ccc2n1CCn1cccn1. The minimum Gasteiger partial charge on any atom is -0.369 e. The van der Waals surface area contributed by atoms with Crippen molar-refractivity contribution < 1.29 is 0 Å². The van der Waals surface area contributed by atoms with Gasteiger partial charge in [0, 0.05) is 24.0 Å². The van der Waals surface area contributed by atoms with Crippen molar-refractivity contribution in [2.75, 3.05) is 5.73 Å². The van der Waals surface area contributed by atoms with E-state index in [0.717, 1.165) is 24.1 Å². The Morgan fingerprint density at radius 1 is 1.28 bits per heavy atom. The number of halogens is 1. The second-order valence-corrected chi connectivity index (χ2v) is 4.46. The Balaban J connectivity index is 1.93. The van der Waals surface area contributed by atoms with E-state index in [1.807, 2.05) is 39.7 Å². The molecule has 0 atom stereocenters. The van der Waals surface area contributed by atoms with Gasteiger partial charge in [0.1, 0.15) is 0 Å². The largest absolute Gasteiger partial charge is 0.369 e. The lowest BCUT2D eigenvalue weighted by Crippen LogP contribution is -2.10. The average molecular weight is 262 g/mol. The Bertz CT molecular complexity index is 671. The topological polar surface area (TPSA) is 61.7 Å². The fourth-order valence-corrected chi connectivity index (χ4v) is 2.16. The maximum atomic E-state index is 5.93. The summed E-state index contributed by atoms with van der Waals surface area (Å²) in [4.78, 5) is 4.30. The first-order valence-electron chi connectivity index (χ1n) is 5.63. The highest BCUT2D eigenvalue weighted by Crippen LogP contribution is 2.21. The molecule has 2 heterocycles. The van der Waals surface area contributed by atoms with E-state index < -0.39 is 0 Å². The molecule has 2 N–H and O–H groups in total. The molecule has 0 aliphatic rings. The van der Waals surface area contributed by atoms with E-state index in [2.05, 4.69) is 10.1 Å².